The molecule has 0 bridgehead atoms. The van der Waals surface area contributed by atoms with E-state index in [0.29, 0.717) is 19.1 Å². The van der Waals surface area contributed by atoms with E-state index in [-0.39, 0.29) is 34.5 Å². The largest absolute Gasteiger partial charge is 0.403 e. The minimum atomic E-state index is -1.93. The summed E-state index contributed by atoms with van der Waals surface area (Å²) in [6.45, 7) is 17.5. The molecule has 1 N–H and O–H groups in total. The van der Waals surface area contributed by atoms with Gasteiger partial charge in [0.05, 0.1) is 25.2 Å². The van der Waals surface area contributed by atoms with Crippen molar-refractivity contribution in [1.29, 1.82) is 0 Å². The third kappa shape index (κ3) is 4.49. The van der Waals surface area contributed by atoms with E-state index < -0.39 is 14.1 Å². The molecule has 1 aliphatic heterocycles. The Morgan fingerprint density at radius 1 is 1.09 bits per heavy atom. The first-order chi connectivity index (χ1) is 15.4. The van der Waals surface area contributed by atoms with Crippen molar-refractivity contribution in [1.82, 2.24) is 0 Å². The minimum Gasteiger partial charge on any atom is -0.403 e. The Kier molecular flexibility index (Phi) is 7.20. The van der Waals surface area contributed by atoms with Gasteiger partial charge in [-0.05, 0) is 49.2 Å². The van der Waals surface area contributed by atoms with Crippen LogP contribution in [0.4, 0.5) is 0 Å². The molecule has 4 nitrogen and oxygen atoms in total. The fourth-order valence-electron chi connectivity index (χ4n) is 7.15. The van der Waals surface area contributed by atoms with Gasteiger partial charge in [0, 0.05) is 11.3 Å². The van der Waals surface area contributed by atoms with Gasteiger partial charge in [-0.15, -0.1) is 0 Å². The first-order valence-corrected chi connectivity index (χ1v) is 16.5. The van der Waals surface area contributed by atoms with Gasteiger partial charge in [-0.25, -0.2) is 0 Å². The lowest BCUT2D eigenvalue weighted by atomic mass is 9.42. The van der Waals surface area contributed by atoms with E-state index in [1.165, 1.54) is 32.1 Å². The molecule has 0 radical (unpaired) electrons. The number of ether oxygens (including phenoxy) is 2. The van der Waals surface area contributed by atoms with Crippen molar-refractivity contribution in [2.75, 3.05) is 13.2 Å². The van der Waals surface area contributed by atoms with Crippen molar-refractivity contribution in [3.8, 4) is 11.8 Å². The first-order valence-electron chi connectivity index (χ1n) is 13.6. The van der Waals surface area contributed by atoms with Crippen LogP contribution in [0.25, 0.3) is 0 Å². The maximum Gasteiger partial charge on any atom is 0.193 e. The fraction of sp³-hybridized carbons (Fsp3) is 0.929. The number of hydrogen-bond donors (Lipinski definition) is 1. The molecule has 3 saturated carbocycles. The van der Waals surface area contributed by atoms with Crippen LogP contribution in [0.3, 0.4) is 0 Å². The van der Waals surface area contributed by atoms with Gasteiger partial charge in [0.15, 0.2) is 14.1 Å². The first kappa shape index (κ1) is 25.7. The Bertz CT molecular complexity index is 750. The standard InChI is InChI=1S/C28H48O4Si/c1-20-25-23(24(29)15-16-27(25,5)28(20)30-17-18-31-28)14-13-22(19-21-11-9-8-10-12-21)32-33(6,7)26(2,3)4/h20-25,29H,8-12,15-19H2,1-7H3/t20?,22-,23+,24-,25-,27+/m1/s1. The lowest BCUT2D eigenvalue weighted by Crippen LogP contribution is -2.73. The summed E-state index contributed by atoms with van der Waals surface area (Å²) in [7, 11) is -1.93. The normalized spacial score (nSPS) is 37.7. The molecule has 0 aromatic carbocycles. The van der Waals surface area contributed by atoms with Gasteiger partial charge in [0.25, 0.3) is 0 Å². The second-order valence-corrected chi connectivity index (χ2v) is 17.9. The molecular formula is C28H48O4Si. The highest BCUT2D eigenvalue weighted by atomic mass is 28.4. The van der Waals surface area contributed by atoms with Gasteiger partial charge in [-0.2, -0.15) is 0 Å². The average Bonchev–Trinajstić information content (AvgIpc) is 3.27. The highest BCUT2D eigenvalue weighted by Crippen LogP contribution is 2.69. The van der Waals surface area contributed by atoms with E-state index in [1.807, 2.05) is 0 Å². The molecule has 0 amide bonds. The molecule has 1 saturated heterocycles. The van der Waals surface area contributed by atoms with Gasteiger partial charge in [0.1, 0.15) is 6.10 Å². The monoisotopic (exact) mass is 476 g/mol. The molecule has 1 unspecified atom stereocenters. The van der Waals surface area contributed by atoms with Crippen molar-refractivity contribution in [2.45, 2.75) is 122 Å². The number of rotatable bonds is 4. The average molecular weight is 477 g/mol. The van der Waals surface area contributed by atoms with Crippen LogP contribution >= 0.6 is 0 Å². The molecule has 6 atom stereocenters. The summed E-state index contributed by atoms with van der Waals surface area (Å²) in [6.07, 6.45) is 9.00. The Labute approximate surface area is 203 Å². The van der Waals surface area contributed by atoms with Crippen LogP contribution in [0.2, 0.25) is 18.1 Å². The molecule has 5 heteroatoms. The van der Waals surface area contributed by atoms with E-state index >= 15 is 0 Å². The quantitative estimate of drug-likeness (QED) is 0.391. The summed E-state index contributed by atoms with van der Waals surface area (Å²) in [6, 6.07) is 0. The Morgan fingerprint density at radius 3 is 2.33 bits per heavy atom. The zero-order chi connectivity index (χ0) is 24.1. The maximum atomic E-state index is 11.0. The van der Waals surface area contributed by atoms with Crippen LogP contribution in [0.15, 0.2) is 0 Å². The SMILES string of the molecule is CC1[C@@H]2[C@@H](C#C[C@H](CC3CCCCC3)O[Si](C)(C)C(C)(C)C)[C@H](O)CC[C@]2(C)C12OCCO2. The van der Waals surface area contributed by atoms with Crippen LogP contribution in [-0.4, -0.2) is 44.6 Å². The molecule has 4 fully saturated rings. The molecule has 33 heavy (non-hydrogen) atoms. The van der Waals surface area contributed by atoms with E-state index in [4.69, 9.17) is 13.9 Å². The Balaban J connectivity index is 1.56. The summed E-state index contributed by atoms with van der Waals surface area (Å²) in [5.74, 6) is 7.99. The van der Waals surface area contributed by atoms with Crippen molar-refractivity contribution >= 4 is 8.32 Å². The highest BCUT2D eigenvalue weighted by Gasteiger charge is 2.74. The summed E-state index contributed by atoms with van der Waals surface area (Å²) in [5, 5.41) is 11.2. The molecule has 1 heterocycles. The smallest absolute Gasteiger partial charge is 0.193 e. The number of hydrogen-bond acceptors (Lipinski definition) is 4. The van der Waals surface area contributed by atoms with Crippen molar-refractivity contribution < 1.29 is 19.0 Å². The summed E-state index contributed by atoms with van der Waals surface area (Å²) >= 11 is 0. The molecule has 188 valence electrons. The van der Waals surface area contributed by atoms with Gasteiger partial charge in [0.2, 0.25) is 0 Å². The predicted octanol–water partition coefficient (Wildman–Crippen LogP) is 6.14. The number of fused-ring (bicyclic) bond motifs is 2. The molecule has 4 rings (SSSR count). The summed E-state index contributed by atoms with van der Waals surface area (Å²) in [5.41, 5.74) is -0.0688. The van der Waals surface area contributed by atoms with Crippen LogP contribution in [0.1, 0.15) is 86.0 Å². The third-order valence-electron chi connectivity index (χ3n) is 10.1. The third-order valence-corrected chi connectivity index (χ3v) is 14.6. The zero-order valence-electron chi connectivity index (χ0n) is 22.2. The number of aliphatic hydroxyl groups excluding tert-OH is 1. The summed E-state index contributed by atoms with van der Waals surface area (Å²) in [4.78, 5) is 0. The molecule has 4 aliphatic rings. The van der Waals surface area contributed by atoms with E-state index in [1.54, 1.807) is 0 Å². The fourth-order valence-corrected chi connectivity index (χ4v) is 8.37. The molecular weight excluding hydrogens is 428 g/mol. The zero-order valence-corrected chi connectivity index (χ0v) is 23.2. The second-order valence-electron chi connectivity index (χ2n) is 13.1. The highest BCUT2D eigenvalue weighted by molar-refractivity contribution is 6.74. The topological polar surface area (TPSA) is 47.9 Å². The minimum absolute atomic E-state index is 0.0299. The maximum absolute atomic E-state index is 11.0. The van der Waals surface area contributed by atoms with Crippen LogP contribution < -0.4 is 0 Å². The summed E-state index contributed by atoms with van der Waals surface area (Å²) < 4.78 is 19.3. The van der Waals surface area contributed by atoms with Crippen molar-refractivity contribution in [2.24, 2.45) is 29.1 Å². The number of aliphatic hydroxyl groups is 1. The lowest BCUT2D eigenvalue weighted by Gasteiger charge is -2.68. The van der Waals surface area contributed by atoms with E-state index in [9.17, 15) is 5.11 Å². The van der Waals surface area contributed by atoms with Gasteiger partial charge in [-0.1, -0.05) is 78.6 Å². The van der Waals surface area contributed by atoms with Crippen molar-refractivity contribution in [3.63, 3.8) is 0 Å². The molecule has 0 aromatic heterocycles. The lowest BCUT2D eigenvalue weighted by molar-refractivity contribution is -0.380. The predicted molar refractivity (Wildman–Crippen MR) is 135 cm³/mol. The van der Waals surface area contributed by atoms with Crippen LogP contribution in [0, 0.1) is 40.9 Å². The van der Waals surface area contributed by atoms with E-state index in [2.05, 4.69) is 59.6 Å². The van der Waals surface area contributed by atoms with E-state index in [0.717, 1.165) is 25.2 Å². The van der Waals surface area contributed by atoms with Crippen molar-refractivity contribution in [3.05, 3.63) is 0 Å². The van der Waals surface area contributed by atoms with Gasteiger partial charge < -0.3 is 19.0 Å². The van der Waals surface area contributed by atoms with Gasteiger partial charge >= 0.3 is 0 Å². The Morgan fingerprint density at radius 2 is 1.73 bits per heavy atom. The Hall–Kier alpha value is -0.383. The molecule has 0 aromatic rings. The molecule has 1 spiro atoms. The van der Waals surface area contributed by atoms with Gasteiger partial charge in [-0.3, -0.25) is 0 Å². The van der Waals surface area contributed by atoms with Crippen LogP contribution in [-0.2, 0) is 13.9 Å². The second kappa shape index (κ2) is 9.25. The van der Waals surface area contributed by atoms with Crippen LogP contribution in [0.5, 0.6) is 0 Å². The molecule has 3 aliphatic carbocycles.